The third-order valence-electron chi connectivity index (χ3n) is 1.91. The number of imide groups is 1. The van der Waals surface area contributed by atoms with Crippen molar-refractivity contribution in [3.63, 3.8) is 0 Å². The Kier molecular flexibility index (Phi) is 4.67. The Morgan fingerprint density at radius 1 is 1.22 bits per heavy atom. The normalized spacial score (nSPS) is 9.39. The van der Waals surface area contributed by atoms with E-state index in [1.165, 1.54) is 31.4 Å². The second-order valence-corrected chi connectivity index (χ2v) is 3.22. The van der Waals surface area contributed by atoms with Gasteiger partial charge in [-0.15, -0.1) is 0 Å². The van der Waals surface area contributed by atoms with Gasteiger partial charge in [0.05, 0.1) is 12.7 Å². The number of hydrogen-bond acceptors (Lipinski definition) is 5. The first kappa shape index (κ1) is 13.5. The smallest absolute Gasteiger partial charge is 0.337 e. The Labute approximate surface area is 103 Å². The molecule has 0 saturated carbocycles. The first-order valence-corrected chi connectivity index (χ1v) is 4.93. The highest BCUT2D eigenvalue weighted by molar-refractivity contribution is 5.94. The first-order valence-electron chi connectivity index (χ1n) is 4.93. The predicted molar refractivity (Wildman–Crippen MR) is 61.0 cm³/mol. The predicted octanol–water partition coefficient (Wildman–Crippen LogP) is 0.0469. The van der Waals surface area contributed by atoms with Gasteiger partial charge < -0.3 is 15.2 Å². The number of carbonyl (C=O) groups excluding carboxylic acids is 3. The number of carbonyl (C=O) groups is 3. The SMILES string of the molecule is COC(=O)c1ccc(OCC(=O)NC(N)=O)cc1. The number of nitrogens with two attached hydrogens (primary N) is 1. The molecule has 1 rings (SSSR count). The second-order valence-electron chi connectivity index (χ2n) is 3.22. The van der Waals surface area contributed by atoms with Gasteiger partial charge in [-0.3, -0.25) is 10.1 Å². The van der Waals surface area contributed by atoms with Gasteiger partial charge in [-0.05, 0) is 24.3 Å². The van der Waals surface area contributed by atoms with Crippen molar-refractivity contribution < 1.29 is 23.9 Å². The lowest BCUT2D eigenvalue weighted by atomic mass is 10.2. The van der Waals surface area contributed by atoms with Crippen LogP contribution >= 0.6 is 0 Å². The van der Waals surface area contributed by atoms with Crippen LogP contribution in [0.2, 0.25) is 0 Å². The van der Waals surface area contributed by atoms with Crippen molar-refractivity contribution in [3.05, 3.63) is 29.8 Å². The van der Waals surface area contributed by atoms with Gasteiger partial charge in [0.25, 0.3) is 5.91 Å². The monoisotopic (exact) mass is 252 g/mol. The molecule has 0 saturated heterocycles. The van der Waals surface area contributed by atoms with Gasteiger partial charge in [-0.1, -0.05) is 0 Å². The largest absolute Gasteiger partial charge is 0.484 e. The molecular formula is C11H12N2O5. The zero-order chi connectivity index (χ0) is 13.5. The molecule has 96 valence electrons. The van der Waals surface area contributed by atoms with Gasteiger partial charge in [-0.25, -0.2) is 9.59 Å². The Balaban J connectivity index is 2.51. The summed E-state index contributed by atoms with van der Waals surface area (Å²) in [6, 6.07) is 5.05. The minimum Gasteiger partial charge on any atom is -0.484 e. The van der Waals surface area contributed by atoms with Crippen molar-refractivity contribution in [2.45, 2.75) is 0 Å². The molecule has 0 aliphatic carbocycles. The van der Waals surface area contributed by atoms with Crippen molar-refractivity contribution in [1.82, 2.24) is 5.32 Å². The van der Waals surface area contributed by atoms with E-state index >= 15 is 0 Å². The molecule has 0 spiro atoms. The van der Waals surface area contributed by atoms with E-state index in [4.69, 9.17) is 10.5 Å². The molecule has 0 bridgehead atoms. The Morgan fingerprint density at radius 3 is 2.33 bits per heavy atom. The van der Waals surface area contributed by atoms with Crippen LogP contribution in [-0.2, 0) is 9.53 Å². The van der Waals surface area contributed by atoms with Crippen LogP contribution in [0.3, 0.4) is 0 Å². The number of primary amides is 1. The Morgan fingerprint density at radius 2 is 1.83 bits per heavy atom. The number of amides is 3. The third kappa shape index (κ3) is 4.12. The lowest BCUT2D eigenvalue weighted by Crippen LogP contribution is -2.38. The molecule has 3 N–H and O–H groups in total. The van der Waals surface area contributed by atoms with E-state index in [0.29, 0.717) is 11.3 Å². The number of hydrogen-bond donors (Lipinski definition) is 2. The van der Waals surface area contributed by atoms with Crippen LogP contribution in [0.1, 0.15) is 10.4 Å². The molecular weight excluding hydrogens is 240 g/mol. The van der Waals surface area contributed by atoms with Crippen LogP contribution in [0.4, 0.5) is 4.79 Å². The van der Waals surface area contributed by atoms with Gasteiger partial charge in [0.1, 0.15) is 5.75 Å². The molecule has 0 aliphatic heterocycles. The molecule has 3 amide bonds. The minimum atomic E-state index is -0.940. The summed E-state index contributed by atoms with van der Waals surface area (Å²) in [5.41, 5.74) is 5.12. The molecule has 0 atom stereocenters. The summed E-state index contributed by atoms with van der Waals surface area (Å²) >= 11 is 0. The second kappa shape index (κ2) is 6.24. The highest BCUT2D eigenvalue weighted by Gasteiger charge is 2.07. The quantitative estimate of drug-likeness (QED) is 0.736. The minimum absolute atomic E-state index is 0.347. The summed E-state index contributed by atoms with van der Waals surface area (Å²) in [6.45, 7) is -0.347. The Hall–Kier alpha value is -2.57. The van der Waals surface area contributed by atoms with Gasteiger partial charge in [0.2, 0.25) is 0 Å². The molecule has 1 aromatic carbocycles. The van der Waals surface area contributed by atoms with Crippen molar-refractivity contribution in [3.8, 4) is 5.75 Å². The van der Waals surface area contributed by atoms with Gasteiger partial charge >= 0.3 is 12.0 Å². The van der Waals surface area contributed by atoms with Crippen molar-refractivity contribution in [2.24, 2.45) is 5.73 Å². The number of nitrogens with one attached hydrogen (secondary N) is 1. The fourth-order valence-electron chi connectivity index (χ4n) is 1.13. The lowest BCUT2D eigenvalue weighted by molar-refractivity contribution is -0.121. The number of rotatable bonds is 4. The first-order chi connectivity index (χ1) is 8.52. The van der Waals surface area contributed by atoms with Gasteiger partial charge in [-0.2, -0.15) is 0 Å². The maximum Gasteiger partial charge on any atom is 0.337 e. The third-order valence-corrected chi connectivity index (χ3v) is 1.91. The van der Waals surface area contributed by atoms with E-state index in [9.17, 15) is 14.4 Å². The number of urea groups is 1. The van der Waals surface area contributed by atoms with Crippen molar-refractivity contribution in [1.29, 1.82) is 0 Å². The maximum atomic E-state index is 11.1. The van der Waals surface area contributed by atoms with Gasteiger partial charge in [0, 0.05) is 0 Å². The summed E-state index contributed by atoms with van der Waals surface area (Å²) in [5, 5.41) is 1.85. The summed E-state index contributed by atoms with van der Waals surface area (Å²) in [4.78, 5) is 32.5. The standard InChI is InChI=1S/C11H12N2O5/c1-17-10(15)7-2-4-8(5-3-7)18-6-9(14)13-11(12)16/h2-5H,6H2,1H3,(H3,12,13,14,16). The molecule has 0 unspecified atom stereocenters. The summed E-state index contributed by atoms with van der Waals surface area (Å²) in [6.07, 6.45) is 0. The molecule has 0 radical (unpaired) electrons. The molecule has 0 aromatic heterocycles. The van der Waals surface area contributed by atoms with E-state index in [-0.39, 0.29) is 6.61 Å². The van der Waals surface area contributed by atoms with Crippen LogP contribution < -0.4 is 15.8 Å². The number of benzene rings is 1. The number of methoxy groups -OCH3 is 1. The Bertz CT molecular complexity index is 455. The lowest BCUT2D eigenvalue weighted by Gasteiger charge is -2.06. The number of ether oxygens (including phenoxy) is 2. The number of esters is 1. The van der Waals surface area contributed by atoms with Crippen LogP contribution in [-0.4, -0.2) is 31.6 Å². The highest BCUT2D eigenvalue weighted by Crippen LogP contribution is 2.12. The topological polar surface area (TPSA) is 108 Å². The fraction of sp³-hybridized carbons (Fsp3) is 0.182. The molecule has 0 heterocycles. The van der Waals surface area contributed by atoms with E-state index in [0.717, 1.165) is 0 Å². The summed E-state index contributed by atoms with van der Waals surface area (Å²) in [7, 11) is 1.28. The van der Waals surface area contributed by atoms with Crippen LogP contribution in [0, 0.1) is 0 Å². The highest BCUT2D eigenvalue weighted by atomic mass is 16.5. The van der Waals surface area contributed by atoms with Crippen molar-refractivity contribution >= 4 is 17.9 Å². The molecule has 7 heteroatoms. The fourth-order valence-corrected chi connectivity index (χ4v) is 1.13. The molecule has 0 fully saturated rings. The average Bonchev–Trinajstić information content (AvgIpc) is 2.35. The van der Waals surface area contributed by atoms with Crippen LogP contribution in [0.15, 0.2) is 24.3 Å². The van der Waals surface area contributed by atoms with E-state index in [1.807, 2.05) is 5.32 Å². The maximum absolute atomic E-state index is 11.1. The molecule has 7 nitrogen and oxygen atoms in total. The molecule has 0 aliphatic rings. The van der Waals surface area contributed by atoms with Crippen LogP contribution in [0.5, 0.6) is 5.75 Å². The van der Waals surface area contributed by atoms with E-state index in [1.54, 1.807) is 0 Å². The van der Waals surface area contributed by atoms with E-state index < -0.39 is 17.9 Å². The molecule has 1 aromatic rings. The van der Waals surface area contributed by atoms with Crippen molar-refractivity contribution in [2.75, 3.05) is 13.7 Å². The summed E-state index contributed by atoms with van der Waals surface area (Å²) in [5.74, 6) is -0.741. The van der Waals surface area contributed by atoms with E-state index in [2.05, 4.69) is 4.74 Å². The zero-order valence-electron chi connectivity index (χ0n) is 9.64. The molecule has 18 heavy (non-hydrogen) atoms. The summed E-state index contributed by atoms with van der Waals surface area (Å²) < 4.78 is 9.59. The van der Waals surface area contributed by atoms with Gasteiger partial charge in [0.15, 0.2) is 6.61 Å². The zero-order valence-corrected chi connectivity index (χ0v) is 9.64. The average molecular weight is 252 g/mol. The van der Waals surface area contributed by atoms with Crippen LogP contribution in [0.25, 0.3) is 0 Å².